The minimum Gasteiger partial charge on any atom is -0.507 e. The van der Waals surface area contributed by atoms with Crippen LogP contribution < -0.4 is 16.8 Å². The maximum atomic E-state index is 12.5. The summed E-state index contributed by atoms with van der Waals surface area (Å²) in [6, 6.07) is 2.82. The third kappa shape index (κ3) is 8.00. The van der Waals surface area contributed by atoms with Gasteiger partial charge >= 0.3 is 5.97 Å². The number of hydrogen-bond acceptors (Lipinski definition) is 9. The first-order valence-corrected chi connectivity index (χ1v) is 10.2. The van der Waals surface area contributed by atoms with E-state index in [9.17, 15) is 29.7 Å². The number of rotatable bonds is 9. The summed E-state index contributed by atoms with van der Waals surface area (Å²) in [7, 11) is 0. The molecular formula is C21H31N3O9. The third-order valence-corrected chi connectivity index (χ3v) is 4.98. The molecule has 0 aliphatic carbocycles. The van der Waals surface area contributed by atoms with Crippen molar-refractivity contribution in [2.24, 2.45) is 17.4 Å². The van der Waals surface area contributed by atoms with Crippen LogP contribution in [0.2, 0.25) is 0 Å². The highest BCUT2D eigenvalue weighted by Gasteiger charge is 2.37. The molecule has 2 rings (SSSR count). The molecule has 1 aliphatic heterocycles. The monoisotopic (exact) mass is 469 g/mol. The molecule has 33 heavy (non-hydrogen) atoms. The van der Waals surface area contributed by atoms with Gasteiger partial charge in [0.15, 0.2) is 6.10 Å². The van der Waals surface area contributed by atoms with E-state index < -0.39 is 54.6 Å². The fraction of sp³-hybridized carbons (Fsp3) is 0.524. The van der Waals surface area contributed by atoms with Crippen LogP contribution >= 0.6 is 0 Å². The topological polar surface area (TPSA) is 222 Å². The lowest BCUT2D eigenvalue weighted by atomic mass is 9.90. The van der Waals surface area contributed by atoms with Crippen molar-refractivity contribution in [1.29, 1.82) is 0 Å². The predicted molar refractivity (Wildman–Crippen MR) is 115 cm³/mol. The van der Waals surface area contributed by atoms with Gasteiger partial charge in [0.05, 0.1) is 6.04 Å². The molecular weight excluding hydrogens is 438 g/mol. The van der Waals surface area contributed by atoms with E-state index in [-0.39, 0.29) is 30.1 Å². The zero-order valence-corrected chi connectivity index (χ0v) is 18.4. The minimum absolute atomic E-state index is 0.0938. The Morgan fingerprint density at radius 1 is 1.30 bits per heavy atom. The quantitative estimate of drug-likeness (QED) is 0.166. The van der Waals surface area contributed by atoms with Gasteiger partial charge in [-0.2, -0.15) is 0 Å². The smallest absolute Gasteiger partial charge is 0.342 e. The number of aliphatic hydroxyl groups is 2. The largest absolute Gasteiger partial charge is 0.507 e. The number of primary amides is 1. The lowest BCUT2D eigenvalue weighted by Crippen LogP contribution is -2.56. The minimum atomic E-state index is -1.90. The van der Waals surface area contributed by atoms with E-state index in [0.717, 1.165) is 0 Å². The highest BCUT2D eigenvalue weighted by molar-refractivity contribution is 5.95. The summed E-state index contributed by atoms with van der Waals surface area (Å²) in [6.45, 7) is 3.58. The van der Waals surface area contributed by atoms with E-state index in [0.29, 0.717) is 12.0 Å². The SMILES string of the molecule is CC(C)C[C@H](NC(=O)[C@@H](O)[C@@H](O)[C@@H](N)CC(N)=O)[C@@H]1Cc2cccc(O)c2C(=O)O1.O=CO. The van der Waals surface area contributed by atoms with Gasteiger partial charge in [-0.15, -0.1) is 0 Å². The summed E-state index contributed by atoms with van der Waals surface area (Å²) in [5, 5.41) is 39.6. The average Bonchev–Trinajstić information content (AvgIpc) is 2.71. The van der Waals surface area contributed by atoms with Gasteiger partial charge in [0.1, 0.15) is 23.5 Å². The molecule has 5 atom stereocenters. The van der Waals surface area contributed by atoms with Crippen molar-refractivity contribution < 1.29 is 44.3 Å². The Labute approximate surface area is 190 Å². The number of fused-ring (bicyclic) bond motifs is 1. The number of esters is 1. The van der Waals surface area contributed by atoms with Crippen molar-refractivity contribution in [3.63, 3.8) is 0 Å². The summed E-state index contributed by atoms with van der Waals surface area (Å²) >= 11 is 0. The maximum absolute atomic E-state index is 12.5. The van der Waals surface area contributed by atoms with Crippen LogP contribution in [0.3, 0.4) is 0 Å². The van der Waals surface area contributed by atoms with Crippen molar-refractivity contribution in [3.05, 3.63) is 29.3 Å². The van der Waals surface area contributed by atoms with Crippen molar-refractivity contribution >= 4 is 24.3 Å². The number of phenolic OH excluding ortho intramolecular Hbond substituents is 1. The number of hydrogen-bond donors (Lipinski definition) is 7. The molecule has 1 aliphatic rings. The molecule has 0 bridgehead atoms. The van der Waals surface area contributed by atoms with Crippen molar-refractivity contribution in [2.45, 2.75) is 63.5 Å². The lowest BCUT2D eigenvalue weighted by Gasteiger charge is -2.34. The number of nitrogens with one attached hydrogen (secondary N) is 1. The van der Waals surface area contributed by atoms with Gasteiger partial charge in [-0.1, -0.05) is 26.0 Å². The van der Waals surface area contributed by atoms with E-state index in [1.807, 2.05) is 13.8 Å². The second-order valence-electron chi connectivity index (χ2n) is 8.08. The Bertz CT molecular complexity index is 846. The number of amides is 2. The number of aliphatic hydroxyl groups excluding tert-OH is 2. The zero-order valence-electron chi connectivity index (χ0n) is 18.4. The number of nitrogens with two attached hydrogens (primary N) is 2. The molecule has 12 nitrogen and oxygen atoms in total. The van der Waals surface area contributed by atoms with E-state index in [1.54, 1.807) is 12.1 Å². The molecule has 1 heterocycles. The number of aromatic hydroxyl groups is 1. The Morgan fingerprint density at radius 2 is 1.91 bits per heavy atom. The normalized spacial score (nSPS) is 18.5. The molecule has 184 valence electrons. The Kier molecular flexibility index (Phi) is 10.7. The number of ether oxygens (including phenoxy) is 1. The van der Waals surface area contributed by atoms with Crippen LogP contribution in [0, 0.1) is 5.92 Å². The summed E-state index contributed by atoms with van der Waals surface area (Å²) in [4.78, 5) is 44.2. The second-order valence-corrected chi connectivity index (χ2v) is 8.08. The van der Waals surface area contributed by atoms with Crippen molar-refractivity contribution in [3.8, 4) is 5.75 Å². The molecule has 0 saturated heterocycles. The molecule has 12 heteroatoms. The molecule has 0 unspecified atom stereocenters. The molecule has 1 aromatic rings. The first-order valence-electron chi connectivity index (χ1n) is 10.2. The number of cyclic esters (lactones) is 1. The van der Waals surface area contributed by atoms with Gasteiger partial charge in [-0.05, 0) is 24.0 Å². The first kappa shape index (κ1) is 27.8. The first-order chi connectivity index (χ1) is 15.4. The van der Waals surface area contributed by atoms with Crippen LogP contribution in [0.5, 0.6) is 5.75 Å². The van der Waals surface area contributed by atoms with Crippen LogP contribution in [0.25, 0.3) is 0 Å². The van der Waals surface area contributed by atoms with Crippen molar-refractivity contribution in [1.82, 2.24) is 5.32 Å². The lowest BCUT2D eigenvalue weighted by molar-refractivity contribution is -0.138. The van der Waals surface area contributed by atoms with Gasteiger partial charge in [0.25, 0.3) is 12.4 Å². The fourth-order valence-electron chi connectivity index (χ4n) is 3.49. The van der Waals surface area contributed by atoms with E-state index >= 15 is 0 Å². The number of carbonyl (C=O) groups excluding carboxylic acids is 3. The van der Waals surface area contributed by atoms with Crippen LogP contribution in [0.4, 0.5) is 0 Å². The highest BCUT2D eigenvalue weighted by Crippen LogP contribution is 2.30. The molecule has 1 aromatic carbocycles. The second kappa shape index (κ2) is 12.7. The van der Waals surface area contributed by atoms with Crippen LogP contribution in [0.15, 0.2) is 18.2 Å². The molecule has 0 radical (unpaired) electrons. The summed E-state index contributed by atoms with van der Waals surface area (Å²) < 4.78 is 5.45. The van der Waals surface area contributed by atoms with Gasteiger partial charge in [0.2, 0.25) is 5.91 Å². The summed E-state index contributed by atoms with van der Waals surface area (Å²) in [5.41, 5.74) is 11.3. The van der Waals surface area contributed by atoms with E-state index in [4.69, 9.17) is 26.1 Å². The Hall–Kier alpha value is -3.22. The average molecular weight is 469 g/mol. The number of phenols is 1. The Morgan fingerprint density at radius 3 is 2.45 bits per heavy atom. The molecule has 9 N–H and O–H groups in total. The highest BCUT2D eigenvalue weighted by atomic mass is 16.5. The van der Waals surface area contributed by atoms with Crippen LogP contribution in [-0.4, -0.2) is 75.1 Å². The van der Waals surface area contributed by atoms with Crippen molar-refractivity contribution in [2.75, 3.05) is 0 Å². The van der Waals surface area contributed by atoms with E-state index in [1.165, 1.54) is 6.07 Å². The van der Waals surface area contributed by atoms with Gasteiger partial charge in [-0.25, -0.2) is 4.79 Å². The molecule has 0 fully saturated rings. The Balaban J connectivity index is 0.00000172. The number of carbonyl (C=O) groups is 4. The maximum Gasteiger partial charge on any atom is 0.342 e. The van der Waals surface area contributed by atoms with E-state index in [2.05, 4.69) is 5.32 Å². The zero-order chi connectivity index (χ0) is 25.3. The van der Waals surface area contributed by atoms with Crippen LogP contribution in [0.1, 0.15) is 42.6 Å². The standard InChI is InChI=1S/C20H29N3O7.CH2O2/c1-9(2)6-12(23-19(28)18(27)17(26)11(21)8-15(22)25)14-7-10-4-3-5-13(24)16(10)20(29)30-14;2-1-3/h3-5,9,11-12,14,17-18,24,26-27H,6-8,21H2,1-2H3,(H2,22,25)(H,23,28);1H,(H,2,3)/t11-,12-,14-,17-,18-;/m0./s1. The van der Waals surface area contributed by atoms with Gasteiger partial charge in [-0.3, -0.25) is 14.4 Å². The number of carboxylic acid groups (broad SMARTS) is 1. The molecule has 0 aromatic heterocycles. The molecule has 0 saturated carbocycles. The van der Waals surface area contributed by atoms with Crippen LogP contribution in [-0.2, 0) is 25.5 Å². The fourth-order valence-corrected chi connectivity index (χ4v) is 3.49. The number of benzene rings is 1. The summed E-state index contributed by atoms with van der Waals surface area (Å²) in [5.74, 6) is -2.46. The van der Waals surface area contributed by atoms with Gasteiger partial charge < -0.3 is 41.9 Å². The molecule has 0 spiro atoms. The summed E-state index contributed by atoms with van der Waals surface area (Å²) in [6.07, 6.45) is -4.06. The molecule has 2 amide bonds. The third-order valence-electron chi connectivity index (χ3n) is 4.98. The van der Waals surface area contributed by atoms with Gasteiger partial charge in [0, 0.05) is 18.9 Å². The predicted octanol–water partition coefficient (Wildman–Crippen LogP) is -1.37.